The molecule has 0 fully saturated rings. The standard InChI is InChI=1S/C28H30N2O3/c1-19-7-6-10-22(15-19)27(31)30-25-13-14-26-23(17-25)16-24(18-33-26)28(32)29-20(2)11-12-21-8-4-3-5-9-21/h3-10,13-15,17,20,24H,11-12,16,18H2,1-2H3,(H,29,32)(H,30,31)/t20-,24-/m0/s1. The highest BCUT2D eigenvalue weighted by atomic mass is 16.5. The van der Waals surface area contributed by atoms with Crippen LogP contribution in [0.15, 0.2) is 72.8 Å². The van der Waals surface area contributed by atoms with Gasteiger partial charge in [-0.15, -0.1) is 0 Å². The van der Waals surface area contributed by atoms with E-state index in [1.807, 2.05) is 68.4 Å². The van der Waals surface area contributed by atoms with Crippen molar-refractivity contribution in [3.05, 3.63) is 95.1 Å². The topological polar surface area (TPSA) is 67.4 Å². The van der Waals surface area contributed by atoms with Gasteiger partial charge in [0.05, 0.1) is 5.92 Å². The number of hydrogen-bond donors (Lipinski definition) is 2. The van der Waals surface area contributed by atoms with Gasteiger partial charge in [-0.3, -0.25) is 9.59 Å². The molecule has 3 aromatic carbocycles. The summed E-state index contributed by atoms with van der Waals surface area (Å²) in [6.07, 6.45) is 2.39. The molecule has 0 saturated carbocycles. The first-order valence-corrected chi connectivity index (χ1v) is 11.5. The lowest BCUT2D eigenvalue weighted by atomic mass is 9.95. The Morgan fingerprint density at radius 3 is 2.64 bits per heavy atom. The first kappa shape index (κ1) is 22.6. The number of nitrogens with one attached hydrogen (secondary N) is 2. The van der Waals surface area contributed by atoms with Crippen molar-refractivity contribution < 1.29 is 14.3 Å². The van der Waals surface area contributed by atoms with Gasteiger partial charge in [-0.05, 0) is 74.6 Å². The van der Waals surface area contributed by atoms with Gasteiger partial charge in [-0.2, -0.15) is 0 Å². The molecule has 0 saturated heterocycles. The minimum absolute atomic E-state index is 0.00964. The average molecular weight is 443 g/mol. The molecular formula is C28H30N2O3. The van der Waals surface area contributed by atoms with Crippen LogP contribution in [0.3, 0.4) is 0 Å². The zero-order valence-corrected chi connectivity index (χ0v) is 19.1. The monoisotopic (exact) mass is 442 g/mol. The molecule has 170 valence electrons. The summed E-state index contributed by atoms with van der Waals surface area (Å²) in [6.45, 7) is 4.36. The molecule has 4 rings (SSSR count). The minimum Gasteiger partial charge on any atom is -0.492 e. The van der Waals surface area contributed by atoms with E-state index in [1.54, 1.807) is 6.07 Å². The van der Waals surface area contributed by atoms with Crippen molar-refractivity contribution in [2.75, 3.05) is 11.9 Å². The van der Waals surface area contributed by atoms with Crippen LogP contribution in [0.1, 0.15) is 40.4 Å². The predicted molar refractivity (Wildman–Crippen MR) is 131 cm³/mol. The number of carbonyl (C=O) groups excluding carboxylic acids is 2. The average Bonchev–Trinajstić information content (AvgIpc) is 2.83. The van der Waals surface area contributed by atoms with Gasteiger partial charge in [0.15, 0.2) is 0 Å². The Bertz CT molecular complexity index is 1130. The van der Waals surface area contributed by atoms with E-state index in [4.69, 9.17) is 4.74 Å². The van der Waals surface area contributed by atoms with Crippen molar-refractivity contribution >= 4 is 17.5 Å². The van der Waals surface area contributed by atoms with Crippen molar-refractivity contribution in [2.45, 2.75) is 39.2 Å². The third kappa shape index (κ3) is 6.01. The van der Waals surface area contributed by atoms with E-state index in [9.17, 15) is 9.59 Å². The molecule has 1 heterocycles. The molecule has 33 heavy (non-hydrogen) atoms. The fourth-order valence-electron chi connectivity index (χ4n) is 4.09. The molecule has 0 unspecified atom stereocenters. The van der Waals surface area contributed by atoms with Crippen LogP contribution in [-0.2, 0) is 17.6 Å². The molecule has 0 radical (unpaired) electrons. The van der Waals surface area contributed by atoms with Crippen LogP contribution in [0.5, 0.6) is 5.75 Å². The maximum absolute atomic E-state index is 12.8. The summed E-state index contributed by atoms with van der Waals surface area (Å²) in [7, 11) is 0. The van der Waals surface area contributed by atoms with E-state index >= 15 is 0 Å². The Kier molecular flexibility index (Phi) is 7.08. The molecule has 2 amide bonds. The summed E-state index contributed by atoms with van der Waals surface area (Å²) < 4.78 is 5.85. The third-order valence-corrected chi connectivity index (χ3v) is 5.97. The van der Waals surface area contributed by atoms with Crippen LogP contribution in [-0.4, -0.2) is 24.5 Å². The van der Waals surface area contributed by atoms with Crippen LogP contribution in [0, 0.1) is 12.8 Å². The molecule has 0 aromatic heterocycles. The van der Waals surface area contributed by atoms with Crippen molar-refractivity contribution in [1.29, 1.82) is 0 Å². The van der Waals surface area contributed by atoms with Crippen LogP contribution in [0.25, 0.3) is 0 Å². The van der Waals surface area contributed by atoms with Gasteiger partial charge in [0.1, 0.15) is 12.4 Å². The quantitative estimate of drug-likeness (QED) is 0.545. The molecule has 5 heteroatoms. The van der Waals surface area contributed by atoms with E-state index in [-0.39, 0.29) is 23.8 Å². The fraction of sp³-hybridized carbons (Fsp3) is 0.286. The van der Waals surface area contributed by atoms with Gasteiger partial charge in [0.25, 0.3) is 5.91 Å². The van der Waals surface area contributed by atoms with E-state index in [1.165, 1.54) is 5.56 Å². The largest absolute Gasteiger partial charge is 0.492 e. The Balaban J connectivity index is 1.34. The van der Waals surface area contributed by atoms with E-state index in [0.29, 0.717) is 24.3 Å². The summed E-state index contributed by atoms with van der Waals surface area (Å²) in [5.41, 5.74) is 4.55. The van der Waals surface area contributed by atoms with Gasteiger partial charge < -0.3 is 15.4 Å². The molecule has 2 N–H and O–H groups in total. The van der Waals surface area contributed by atoms with Crippen molar-refractivity contribution in [1.82, 2.24) is 5.32 Å². The van der Waals surface area contributed by atoms with Crippen molar-refractivity contribution in [2.24, 2.45) is 5.92 Å². The molecule has 5 nitrogen and oxygen atoms in total. The third-order valence-electron chi connectivity index (χ3n) is 5.97. The second-order valence-electron chi connectivity index (χ2n) is 8.79. The second kappa shape index (κ2) is 10.3. The summed E-state index contributed by atoms with van der Waals surface area (Å²) in [4.78, 5) is 25.4. The number of hydrogen-bond acceptors (Lipinski definition) is 3. The van der Waals surface area contributed by atoms with E-state index < -0.39 is 0 Å². The van der Waals surface area contributed by atoms with Crippen molar-refractivity contribution in [3.63, 3.8) is 0 Å². The number of ether oxygens (including phenoxy) is 1. The molecule has 1 aliphatic rings. The fourth-order valence-corrected chi connectivity index (χ4v) is 4.09. The molecule has 0 spiro atoms. The second-order valence-corrected chi connectivity index (χ2v) is 8.79. The van der Waals surface area contributed by atoms with Crippen LogP contribution >= 0.6 is 0 Å². The number of carbonyl (C=O) groups is 2. The Morgan fingerprint density at radius 1 is 1.03 bits per heavy atom. The van der Waals surface area contributed by atoms with Crippen LogP contribution < -0.4 is 15.4 Å². The Hall–Kier alpha value is -3.60. The highest BCUT2D eigenvalue weighted by Crippen LogP contribution is 2.30. The molecule has 0 aliphatic carbocycles. The number of anilines is 1. The molecule has 3 aromatic rings. The Morgan fingerprint density at radius 2 is 1.85 bits per heavy atom. The van der Waals surface area contributed by atoms with Gasteiger partial charge in [-0.1, -0.05) is 48.0 Å². The Labute approximate surface area is 195 Å². The van der Waals surface area contributed by atoms with E-state index in [0.717, 1.165) is 29.7 Å². The molecule has 2 atom stereocenters. The van der Waals surface area contributed by atoms with Gasteiger partial charge >= 0.3 is 0 Å². The predicted octanol–water partition coefficient (Wildman–Crippen LogP) is 4.94. The number of fused-ring (bicyclic) bond motifs is 1. The summed E-state index contributed by atoms with van der Waals surface area (Å²) in [5.74, 6) is 0.372. The number of amides is 2. The normalized spacial score (nSPS) is 15.6. The first-order valence-electron chi connectivity index (χ1n) is 11.5. The minimum atomic E-state index is -0.251. The van der Waals surface area contributed by atoms with Gasteiger partial charge in [0, 0.05) is 17.3 Å². The lowest BCUT2D eigenvalue weighted by molar-refractivity contribution is -0.126. The zero-order chi connectivity index (χ0) is 23.2. The van der Waals surface area contributed by atoms with Crippen LogP contribution in [0.4, 0.5) is 5.69 Å². The smallest absolute Gasteiger partial charge is 0.255 e. The van der Waals surface area contributed by atoms with Crippen molar-refractivity contribution in [3.8, 4) is 5.75 Å². The first-order chi connectivity index (χ1) is 16.0. The van der Waals surface area contributed by atoms with Gasteiger partial charge in [0.2, 0.25) is 5.91 Å². The SMILES string of the molecule is Cc1cccc(C(=O)Nc2ccc3c(c2)C[C@H](C(=O)N[C@@H](C)CCc2ccccc2)CO3)c1. The molecule has 0 bridgehead atoms. The summed E-state index contributed by atoms with van der Waals surface area (Å²) in [6, 6.07) is 23.5. The lowest BCUT2D eigenvalue weighted by Gasteiger charge is -2.26. The highest BCUT2D eigenvalue weighted by molar-refractivity contribution is 6.04. The van der Waals surface area contributed by atoms with E-state index in [2.05, 4.69) is 22.8 Å². The lowest BCUT2D eigenvalue weighted by Crippen LogP contribution is -2.41. The highest BCUT2D eigenvalue weighted by Gasteiger charge is 2.27. The summed E-state index contributed by atoms with van der Waals surface area (Å²) in [5, 5.41) is 6.08. The van der Waals surface area contributed by atoms with Gasteiger partial charge in [-0.25, -0.2) is 0 Å². The summed E-state index contributed by atoms with van der Waals surface area (Å²) >= 11 is 0. The zero-order valence-electron chi connectivity index (χ0n) is 19.1. The number of benzene rings is 3. The number of rotatable bonds is 7. The molecule has 1 aliphatic heterocycles. The van der Waals surface area contributed by atoms with Crippen LogP contribution in [0.2, 0.25) is 0 Å². The molecular weight excluding hydrogens is 412 g/mol. The number of aryl methyl sites for hydroxylation is 2. The maximum Gasteiger partial charge on any atom is 0.255 e. The maximum atomic E-state index is 12.8.